The van der Waals surface area contributed by atoms with Crippen LogP contribution in [0.15, 0.2) is 36.4 Å². The molecule has 198 valence electrons. The fourth-order valence-corrected chi connectivity index (χ4v) is 3.15. The number of anilines is 1. The molecule has 2 aromatic rings. The van der Waals surface area contributed by atoms with Gasteiger partial charge in [-0.15, -0.1) is 0 Å². The molecule has 1 heterocycles. The Bertz CT molecular complexity index is 983. The summed E-state index contributed by atoms with van der Waals surface area (Å²) in [4.78, 5) is 48.5. The molecule has 0 spiro atoms. The maximum absolute atomic E-state index is 12.5. The number of benzene rings is 1. The minimum Gasteiger partial charge on any atom is -0.321 e. The van der Waals surface area contributed by atoms with Crippen molar-refractivity contribution < 1.29 is 19.2 Å². The zero-order chi connectivity index (χ0) is 27.7. The Kier molecular flexibility index (Phi) is 16.6. The third kappa shape index (κ3) is 12.5. The van der Waals surface area contributed by atoms with E-state index in [1.54, 1.807) is 12.1 Å². The predicted octanol–water partition coefficient (Wildman–Crippen LogP) is 7.04. The molecule has 1 unspecified atom stereocenters. The van der Waals surface area contributed by atoms with E-state index in [0.717, 1.165) is 48.8 Å². The number of pyridine rings is 1. The van der Waals surface area contributed by atoms with Gasteiger partial charge in [0.05, 0.1) is 0 Å². The molecule has 6 heteroatoms. The standard InChI is InChI=1S/C20H24N2O2.C8H16O.C2H4O/c1-5-13(3)19(23)17-11-10-16(12-15(17)6-2)22-20(24)18-9-7-8-14(4)21-18;1-4-8(9)6-5-7(2)3;1-2-3/h7-13H,5-6H2,1-4H3,(H,22,24);7H,4-6H2,1-3H3;2H,1H3. The van der Waals surface area contributed by atoms with Gasteiger partial charge in [-0.3, -0.25) is 14.4 Å². The zero-order valence-electron chi connectivity index (χ0n) is 23.3. The van der Waals surface area contributed by atoms with Crippen molar-refractivity contribution >= 4 is 29.4 Å². The van der Waals surface area contributed by atoms with Gasteiger partial charge in [0, 0.05) is 35.7 Å². The summed E-state index contributed by atoms with van der Waals surface area (Å²) in [6.45, 7) is 15.5. The molecule has 1 N–H and O–H groups in total. The number of hydrogen-bond donors (Lipinski definition) is 1. The van der Waals surface area contributed by atoms with Crippen LogP contribution in [0.4, 0.5) is 5.69 Å². The predicted molar refractivity (Wildman–Crippen MR) is 148 cm³/mol. The molecule has 1 atom stereocenters. The lowest BCUT2D eigenvalue weighted by molar-refractivity contribution is -0.119. The number of nitrogens with zero attached hydrogens (tertiary/aromatic N) is 1. The molecule has 0 bridgehead atoms. The highest BCUT2D eigenvalue weighted by Gasteiger charge is 2.17. The summed E-state index contributed by atoms with van der Waals surface area (Å²) in [5.74, 6) is 0.978. The average molecular weight is 497 g/mol. The first kappa shape index (κ1) is 32.8. The summed E-state index contributed by atoms with van der Waals surface area (Å²) in [5, 5.41) is 2.86. The van der Waals surface area contributed by atoms with E-state index >= 15 is 0 Å². The van der Waals surface area contributed by atoms with Gasteiger partial charge in [-0.25, -0.2) is 4.98 Å². The fraction of sp³-hybridized carbons (Fsp3) is 0.500. The second-order valence-electron chi connectivity index (χ2n) is 9.08. The number of hydrogen-bond acceptors (Lipinski definition) is 5. The van der Waals surface area contributed by atoms with Crippen LogP contribution in [0, 0.1) is 18.8 Å². The van der Waals surface area contributed by atoms with Crippen molar-refractivity contribution in [2.45, 2.75) is 87.5 Å². The van der Waals surface area contributed by atoms with Gasteiger partial charge in [0.15, 0.2) is 5.78 Å². The number of Topliss-reactive ketones (excluding diaryl/α,β-unsaturated/α-hetero) is 2. The molecule has 1 aromatic carbocycles. The molecule has 1 amide bonds. The summed E-state index contributed by atoms with van der Waals surface area (Å²) in [6.07, 6.45) is 4.83. The van der Waals surface area contributed by atoms with Crippen LogP contribution in [0.5, 0.6) is 0 Å². The SMILES string of the molecule is CC=O.CCC(=O)CCC(C)C.CCc1cc(NC(=O)c2cccc(C)n2)ccc1C(=O)C(C)CC. The molecule has 36 heavy (non-hydrogen) atoms. The van der Waals surface area contributed by atoms with Crippen LogP contribution < -0.4 is 5.32 Å². The van der Waals surface area contributed by atoms with Gasteiger partial charge in [-0.05, 0) is 74.9 Å². The molecule has 0 aliphatic rings. The lowest BCUT2D eigenvalue weighted by Gasteiger charge is -2.13. The molecular formula is C30H44N2O4. The van der Waals surface area contributed by atoms with Gasteiger partial charge >= 0.3 is 0 Å². The lowest BCUT2D eigenvalue weighted by atomic mass is 9.92. The molecule has 2 rings (SSSR count). The number of carbonyl (C=O) groups is 4. The van der Waals surface area contributed by atoms with Gasteiger partial charge in [-0.2, -0.15) is 0 Å². The Hall–Kier alpha value is -3.15. The number of aromatic nitrogens is 1. The highest BCUT2D eigenvalue weighted by atomic mass is 16.2. The quantitative estimate of drug-likeness (QED) is 0.281. The van der Waals surface area contributed by atoms with Crippen molar-refractivity contribution in [3.05, 3.63) is 58.9 Å². The van der Waals surface area contributed by atoms with Crippen molar-refractivity contribution in [3.8, 4) is 0 Å². The van der Waals surface area contributed by atoms with Crippen LogP contribution in [0.25, 0.3) is 0 Å². The number of aryl methyl sites for hydroxylation is 2. The van der Waals surface area contributed by atoms with Crippen LogP contribution in [0.3, 0.4) is 0 Å². The third-order valence-electron chi connectivity index (χ3n) is 5.59. The summed E-state index contributed by atoms with van der Waals surface area (Å²) in [5.41, 5.74) is 3.56. The third-order valence-corrected chi connectivity index (χ3v) is 5.59. The van der Waals surface area contributed by atoms with Crippen LogP contribution >= 0.6 is 0 Å². The molecule has 0 aliphatic carbocycles. The number of nitrogens with one attached hydrogen (secondary N) is 1. The highest BCUT2D eigenvalue weighted by Crippen LogP contribution is 2.21. The second-order valence-corrected chi connectivity index (χ2v) is 9.08. The fourth-order valence-electron chi connectivity index (χ4n) is 3.15. The van der Waals surface area contributed by atoms with Crippen LogP contribution in [0.1, 0.15) is 106 Å². The molecule has 6 nitrogen and oxygen atoms in total. The molecule has 0 fully saturated rings. The van der Waals surface area contributed by atoms with Crippen LogP contribution in [0.2, 0.25) is 0 Å². The van der Waals surface area contributed by atoms with Gasteiger partial charge < -0.3 is 10.1 Å². The smallest absolute Gasteiger partial charge is 0.274 e. The van der Waals surface area contributed by atoms with Crippen molar-refractivity contribution in [3.63, 3.8) is 0 Å². The maximum Gasteiger partial charge on any atom is 0.274 e. The van der Waals surface area contributed by atoms with E-state index in [4.69, 9.17) is 4.79 Å². The highest BCUT2D eigenvalue weighted by molar-refractivity contribution is 6.04. The first-order valence-electron chi connectivity index (χ1n) is 12.9. The molecule has 1 aromatic heterocycles. The van der Waals surface area contributed by atoms with Crippen molar-refractivity contribution in [1.82, 2.24) is 4.98 Å². The monoisotopic (exact) mass is 496 g/mol. The largest absolute Gasteiger partial charge is 0.321 e. The van der Waals surface area contributed by atoms with Gasteiger partial charge in [0.2, 0.25) is 0 Å². The number of ketones is 2. The van der Waals surface area contributed by atoms with Crippen molar-refractivity contribution in [1.29, 1.82) is 0 Å². The van der Waals surface area contributed by atoms with Gasteiger partial charge in [-0.1, -0.05) is 47.6 Å². The average Bonchev–Trinajstić information content (AvgIpc) is 2.87. The number of carbonyl (C=O) groups excluding carboxylic acids is 4. The van der Waals surface area contributed by atoms with E-state index in [1.165, 1.54) is 6.92 Å². The summed E-state index contributed by atoms with van der Waals surface area (Å²) in [7, 11) is 0. The zero-order valence-corrected chi connectivity index (χ0v) is 23.3. The molecular weight excluding hydrogens is 452 g/mol. The Morgan fingerprint density at radius 1 is 1.03 bits per heavy atom. The first-order valence-corrected chi connectivity index (χ1v) is 12.9. The molecule has 0 radical (unpaired) electrons. The molecule has 0 aliphatic heterocycles. The second kappa shape index (κ2) is 18.2. The summed E-state index contributed by atoms with van der Waals surface area (Å²) < 4.78 is 0. The topological polar surface area (TPSA) is 93.2 Å². The lowest BCUT2D eigenvalue weighted by Crippen LogP contribution is -2.16. The summed E-state index contributed by atoms with van der Waals surface area (Å²) >= 11 is 0. The maximum atomic E-state index is 12.5. The van der Waals surface area contributed by atoms with Crippen LogP contribution in [-0.4, -0.2) is 28.7 Å². The Morgan fingerprint density at radius 3 is 2.17 bits per heavy atom. The Balaban J connectivity index is 0.000000854. The minimum absolute atomic E-state index is 0.00670. The Labute approximate surface area is 217 Å². The Morgan fingerprint density at radius 2 is 1.67 bits per heavy atom. The first-order chi connectivity index (χ1) is 17.0. The van der Waals surface area contributed by atoms with Crippen molar-refractivity contribution in [2.75, 3.05) is 5.32 Å². The van der Waals surface area contributed by atoms with Gasteiger partial charge in [0.25, 0.3) is 5.91 Å². The van der Waals surface area contributed by atoms with Gasteiger partial charge in [0.1, 0.15) is 17.8 Å². The normalized spacial score (nSPS) is 10.8. The van der Waals surface area contributed by atoms with E-state index in [-0.39, 0.29) is 17.6 Å². The van der Waals surface area contributed by atoms with E-state index in [9.17, 15) is 14.4 Å². The van der Waals surface area contributed by atoms with E-state index in [0.29, 0.717) is 29.5 Å². The van der Waals surface area contributed by atoms with E-state index in [1.807, 2.05) is 58.9 Å². The van der Waals surface area contributed by atoms with E-state index in [2.05, 4.69) is 24.1 Å². The number of aldehydes is 1. The van der Waals surface area contributed by atoms with E-state index < -0.39 is 0 Å². The molecule has 0 saturated heterocycles. The molecule has 0 saturated carbocycles. The number of rotatable bonds is 10. The minimum atomic E-state index is -0.248. The van der Waals surface area contributed by atoms with Crippen LogP contribution in [-0.2, 0) is 16.0 Å². The number of amides is 1. The van der Waals surface area contributed by atoms with Crippen molar-refractivity contribution in [2.24, 2.45) is 11.8 Å². The summed E-state index contributed by atoms with van der Waals surface area (Å²) in [6, 6.07) is 10.8.